The first-order valence-electron chi connectivity index (χ1n) is 15.0. The molecule has 0 spiro atoms. The lowest BCUT2D eigenvalue weighted by atomic mass is 9.74. The first-order chi connectivity index (χ1) is 22.2. The van der Waals surface area contributed by atoms with Crippen molar-refractivity contribution in [1.82, 2.24) is 16.0 Å². The van der Waals surface area contributed by atoms with Gasteiger partial charge in [-0.3, -0.25) is 24.0 Å². The second-order valence-electron chi connectivity index (χ2n) is 11.3. The van der Waals surface area contributed by atoms with Crippen LogP contribution in [0.4, 0.5) is 5.69 Å². The summed E-state index contributed by atoms with van der Waals surface area (Å²) in [5.74, 6) is -4.23. The molecule has 7 N–H and O–H groups in total. The number of amides is 3. The van der Waals surface area contributed by atoms with Gasteiger partial charge in [-0.25, -0.2) is 0 Å². The predicted molar refractivity (Wildman–Crippen MR) is 170 cm³/mol. The SMILES string of the molecule is CC(=O)NCCc1ccc2c(c1)N(CCC(=O)O)C1=CC(=O)C(O)=C(c3cc(O)c(O)cc3CCNC(C)=O)C1(CCNC(C)=O)O2. The van der Waals surface area contributed by atoms with Gasteiger partial charge in [-0.2, -0.15) is 0 Å². The number of ether oxygens (including phenoxy) is 1. The van der Waals surface area contributed by atoms with Crippen LogP contribution in [-0.2, 0) is 36.8 Å². The highest BCUT2D eigenvalue weighted by Gasteiger charge is 2.53. The van der Waals surface area contributed by atoms with Gasteiger partial charge in [0.05, 0.1) is 23.4 Å². The van der Waals surface area contributed by atoms with Crippen molar-refractivity contribution >= 4 is 40.7 Å². The standard InChI is InChI=1S/C33H38N4O10/c1-18(38)34-10-6-21-4-5-28-24(14-21)37(13-8-30(44)45)29-17-27(43)32(46)31(33(29,47-28)9-12-36-20(3)40)23-16-26(42)25(41)15-22(23)7-11-35-19(2)39/h4-5,14-17,41-42,46H,6-13H2,1-3H3,(H,34,38)(H,35,39)(H,36,40)(H,44,45). The molecule has 0 saturated carbocycles. The number of nitrogens with zero attached hydrogens (tertiary/aromatic N) is 1. The number of aliphatic hydroxyl groups is 1. The monoisotopic (exact) mass is 650 g/mol. The van der Waals surface area contributed by atoms with Gasteiger partial charge >= 0.3 is 5.97 Å². The number of carboxylic acids is 1. The van der Waals surface area contributed by atoms with E-state index in [4.69, 9.17) is 4.74 Å². The zero-order chi connectivity index (χ0) is 34.5. The van der Waals surface area contributed by atoms with Crippen molar-refractivity contribution in [1.29, 1.82) is 0 Å². The van der Waals surface area contributed by atoms with Gasteiger partial charge < -0.3 is 46.0 Å². The van der Waals surface area contributed by atoms with Gasteiger partial charge in [-0.15, -0.1) is 0 Å². The first kappa shape index (κ1) is 34.3. The molecule has 1 atom stereocenters. The van der Waals surface area contributed by atoms with Crippen molar-refractivity contribution in [2.45, 2.75) is 52.1 Å². The molecule has 3 amide bonds. The van der Waals surface area contributed by atoms with E-state index in [1.165, 1.54) is 39.0 Å². The zero-order valence-corrected chi connectivity index (χ0v) is 26.3. The van der Waals surface area contributed by atoms with E-state index in [0.29, 0.717) is 24.2 Å². The third-order valence-electron chi connectivity index (χ3n) is 7.87. The summed E-state index contributed by atoms with van der Waals surface area (Å²) >= 11 is 0. The van der Waals surface area contributed by atoms with Gasteiger partial charge in [0.25, 0.3) is 0 Å². The van der Waals surface area contributed by atoms with Crippen LogP contribution in [0.25, 0.3) is 5.57 Å². The number of nitrogens with one attached hydrogen (secondary N) is 3. The number of fused-ring (bicyclic) bond motifs is 2. The number of allylic oxidation sites excluding steroid dienone is 1. The normalized spacial score (nSPS) is 16.8. The fraction of sp³-hybridized carbons (Fsp3) is 0.364. The van der Waals surface area contributed by atoms with E-state index in [0.717, 1.165) is 5.56 Å². The quantitative estimate of drug-likeness (QED) is 0.155. The number of benzene rings is 2. The average molecular weight is 651 g/mol. The number of rotatable bonds is 13. The van der Waals surface area contributed by atoms with E-state index in [1.54, 1.807) is 23.1 Å². The zero-order valence-electron chi connectivity index (χ0n) is 26.3. The molecule has 4 rings (SSSR count). The van der Waals surface area contributed by atoms with Crippen molar-refractivity contribution < 1.29 is 49.1 Å². The van der Waals surface area contributed by atoms with Crippen molar-refractivity contribution in [3.05, 3.63) is 64.6 Å². The summed E-state index contributed by atoms with van der Waals surface area (Å²) in [5.41, 5.74) is 0.128. The number of aliphatic hydroxyl groups excluding tert-OH is 1. The maximum Gasteiger partial charge on any atom is 0.305 e. The molecule has 0 bridgehead atoms. The van der Waals surface area contributed by atoms with Crippen LogP contribution in [0.15, 0.2) is 47.9 Å². The molecule has 0 aromatic heterocycles. The Morgan fingerprint density at radius 2 is 1.47 bits per heavy atom. The summed E-state index contributed by atoms with van der Waals surface area (Å²) < 4.78 is 6.73. The van der Waals surface area contributed by atoms with E-state index in [9.17, 15) is 44.4 Å². The van der Waals surface area contributed by atoms with Crippen molar-refractivity contribution in [3.8, 4) is 17.2 Å². The number of aromatic hydroxyl groups is 2. The lowest BCUT2D eigenvalue weighted by Gasteiger charge is -2.49. The van der Waals surface area contributed by atoms with Crippen LogP contribution in [0.3, 0.4) is 0 Å². The maximum absolute atomic E-state index is 13.5. The van der Waals surface area contributed by atoms with E-state index < -0.39 is 34.6 Å². The van der Waals surface area contributed by atoms with Gasteiger partial charge in [-0.05, 0) is 53.8 Å². The van der Waals surface area contributed by atoms with Crippen LogP contribution >= 0.6 is 0 Å². The Morgan fingerprint density at radius 1 is 0.851 bits per heavy atom. The van der Waals surface area contributed by atoms with Crippen LogP contribution < -0.4 is 25.6 Å². The largest absolute Gasteiger partial charge is 0.504 e. The van der Waals surface area contributed by atoms with Gasteiger partial charge in [0, 0.05) is 59.4 Å². The molecule has 0 saturated heterocycles. The summed E-state index contributed by atoms with van der Waals surface area (Å²) in [6, 6.07) is 7.66. The molecule has 1 unspecified atom stereocenters. The van der Waals surface area contributed by atoms with Crippen molar-refractivity contribution in [3.63, 3.8) is 0 Å². The number of carboxylic acid groups (broad SMARTS) is 1. The van der Waals surface area contributed by atoms with Crippen molar-refractivity contribution in [2.24, 2.45) is 0 Å². The molecule has 47 heavy (non-hydrogen) atoms. The molecule has 1 heterocycles. The van der Waals surface area contributed by atoms with Crippen LogP contribution in [-0.4, -0.2) is 81.7 Å². The topological polar surface area (TPSA) is 215 Å². The fourth-order valence-corrected chi connectivity index (χ4v) is 5.81. The minimum atomic E-state index is -1.71. The molecular weight excluding hydrogens is 612 g/mol. The molecule has 14 nitrogen and oxygen atoms in total. The Kier molecular flexibility index (Phi) is 10.4. The summed E-state index contributed by atoms with van der Waals surface area (Å²) in [4.78, 5) is 61.9. The van der Waals surface area contributed by atoms with E-state index in [2.05, 4.69) is 16.0 Å². The van der Waals surface area contributed by atoms with Crippen LogP contribution in [0.2, 0.25) is 0 Å². The number of carbonyl (C=O) groups is 5. The number of carbonyl (C=O) groups excluding carboxylic acids is 4. The van der Waals surface area contributed by atoms with Gasteiger partial charge in [0.2, 0.25) is 23.5 Å². The second kappa shape index (κ2) is 14.3. The molecule has 0 fully saturated rings. The van der Waals surface area contributed by atoms with Gasteiger partial charge in [0.1, 0.15) is 5.75 Å². The van der Waals surface area contributed by atoms with Crippen LogP contribution in [0, 0.1) is 0 Å². The van der Waals surface area contributed by atoms with E-state index in [-0.39, 0.29) is 79.2 Å². The predicted octanol–water partition coefficient (Wildman–Crippen LogP) is 1.83. The number of ketones is 1. The summed E-state index contributed by atoms with van der Waals surface area (Å²) in [6.45, 7) is 4.42. The summed E-state index contributed by atoms with van der Waals surface area (Å²) in [6.07, 6.45) is 1.34. The first-order valence-corrected chi connectivity index (χ1v) is 15.0. The number of phenols is 2. The molecule has 2 aromatic rings. The third kappa shape index (κ3) is 7.65. The van der Waals surface area contributed by atoms with E-state index >= 15 is 0 Å². The lowest BCUT2D eigenvalue weighted by molar-refractivity contribution is -0.136. The van der Waals surface area contributed by atoms with E-state index in [1.807, 2.05) is 0 Å². The van der Waals surface area contributed by atoms with Gasteiger partial charge in [-0.1, -0.05) is 6.07 Å². The lowest BCUT2D eigenvalue weighted by Crippen LogP contribution is -2.54. The Labute approximate surface area is 270 Å². The fourth-order valence-electron chi connectivity index (χ4n) is 5.81. The third-order valence-corrected chi connectivity index (χ3v) is 7.87. The second-order valence-corrected chi connectivity index (χ2v) is 11.3. The minimum absolute atomic E-state index is 0.000161. The highest BCUT2D eigenvalue weighted by atomic mass is 16.5. The number of hydrogen-bond acceptors (Lipinski definition) is 10. The summed E-state index contributed by atoms with van der Waals surface area (Å²) in [5, 5.41) is 50.3. The maximum atomic E-state index is 13.5. The number of anilines is 1. The molecule has 14 heteroatoms. The molecular formula is C33H38N4O10. The number of hydrogen-bond donors (Lipinski definition) is 7. The Morgan fingerprint density at radius 3 is 2.11 bits per heavy atom. The highest BCUT2D eigenvalue weighted by Crippen LogP contribution is 2.53. The summed E-state index contributed by atoms with van der Waals surface area (Å²) in [7, 11) is 0. The minimum Gasteiger partial charge on any atom is -0.504 e. The molecule has 250 valence electrons. The molecule has 1 aliphatic carbocycles. The molecule has 2 aromatic carbocycles. The van der Waals surface area contributed by atoms with Crippen LogP contribution in [0.5, 0.6) is 17.2 Å². The molecule has 1 aliphatic heterocycles. The average Bonchev–Trinajstić information content (AvgIpc) is 2.98. The Bertz CT molecular complexity index is 1680. The van der Waals surface area contributed by atoms with Crippen molar-refractivity contribution in [2.75, 3.05) is 31.1 Å². The molecule has 0 radical (unpaired) electrons. The number of phenolic OH excluding ortho intramolecular Hbond substituents is 2. The highest BCUT2D eigenvalue weighted by molar-refractivity contribution is 6.13. The molecule has 2 aliphatic rings. The van der Waals surface area contributed by atoms with Gasteiger partial charge in [0.15, 0.2) is 22.9 Å². The Hall–Kier alpha value is -5.53. The van der Waals surface area contributed by atoms with Crippen LogP contribution in [0.1, 0.15) is 50.3 Å². The number of aliphatic carboxylic acids is 1. The Balaban J connectivity index is 1.95. The smallest absolute Gasteiger partial charge is 0.305 e.